The molecule has 0 radical (unpaired) electrons. The number of nitrogens with zero attached hydrogens (tertiary/aromatic N) is 1. The third-order valence-corrected chi connectivity index (χ3v) is 4.79. The summed E-state index contributed by atoms with van der Waals surface area (Å²) >= 11 is 1.72. The number of hydrogen-bond acceptors (Lipinski definition) is 4. The van der Waals surface area contributed by atoms with E-state index in [0.717, 1.165) is 19.4 Å². The van der Waals surface area contributed by atoms with Gasteiger partial charge < -0.3 is 15.3 Å². The van der Waals surface area contributed by atoms with Crippen molar-refractivity contribution in [1.29, 1.82) is 0 Å². The van der Waals surface area contributed by atoms with Crippen LogP contribution in [0.4, 0.5) is 0 Å². The SMILES string of the molecule is O=C(C1CC(O)CN1)N1CCCC1c1cccs1. The highest BCUT2D eigenvalue weighted by atomic mass is 32.1. The Labute approximate surface area is 111 Å². The topological polar surface area (TPSA) is 52.6 Å². The molecule has 1 aromatic rings. The number of nitrogens with one attached hydrogen (secondary N) is 1. The molecule has 1 aromatic heterocycles. The first-order valence-corrected chi connectivity index (χ1v) is 7.39. The maximum absolute atomic E-state index is 12.5. The number of β-amino-alcohol motifs (C(OH)–C–C–N with tert-alkyl or cyclic N) is 1. The molecule has 3 unspecified atom stereocenters. The minimum atomic E-state index is -0.373. The zero-order chi connectivity index (χ0) is 12.5. The number of thiophene rings is 1. The van der Waals surface area contributed by atoms with E-state index < -0.39 is 0 Å². The van der Waals surface area contributed by atoms with Crippen molar-refractivity contribution in [1.82, 2.24) is 10.2 Å². The van der Waals surface area contributed by atoms with Crippen LogP contribution in [0, 0.1) is 0 Å². The van der Waals surface area contributed by atoms with E-state index in [0.29, 0.717) is 13.0 Å². The molecular formula is C13H18N2O2S. The third kappa shape index (κ3) is 2.18. The van der Waals surface area contributed by atoms with Crippen molar-refractivity contribution in [2.45, 2.75) is 37.5 Å². The lowest BCUT2D eigenvalue weighted by Crippen LogP contribution is -2.43. The molecule has 2 aliphatic heterocycles. The highest BCUT2D eigenvalue weighted by molar-refractivity contribution is 7.10. The fraction of sp³-hybridized carbons (Fsp3) is 0.615. The molecular weight excluding hydrogens is 248 g/mol. The van der Waals surface area contributed by atoms with Crippen LogP contribution in [0.3, 0.4) is 0 Å². The largest absolute Gasteiger partial charge is 0.392 e. The predicted molar refractivity (Wildman–Crippen MR) is 70.4 cm³/mol. The normalized spacial score (nSPS) is 32.1. The van der Waals surface area contributed by atoms with Crippen LogP contribution in [0.25, 0.3) is 0 Å². The van der Waals surface area contributed by atoms with Gasteiger partial charge in [-0.25, -0.2) is 0 Å². The lowest BCUT2D eigenvalue weighted by molar-refractivity contribution is -0.134. The molecule has 0 spiro atoms. The van der Waals surface area contributed by atoms with Crippen LogP contribution in [-0.2, 0) is 4.79 Å². The molecule has 18 heavy (non-hydrogen) atoms. The van der Waals surface area contributed by atoms with Gasteiger partial charge >= 0.3 is 0 Å². The van der Waals surface area contributed by atoms with Gasteiger partial charge in [0.2, 0.25) is 5.91 Å². The summed E-state index contributed by atoms with van der Waals surface area (Å²) in [7, 11) is 0. The Kier molecular flexibility index (Phi) is 3.37. The zero-order valence-electron chi connectivity index (χ0n) is 10.2. The Morgan fingerprint density at radius 1 is 1.56 bits per heavy atom. The lowest BCUT2D eigenvalue weighted by atomic mass is 10.1. The van der Waals surface area contributed by atoms with Crippen LogP contribution < -0.4 is 5.32 Å². The van der Waals surface area contributed by atoms with E-state index in [1.165, 1.54) is 4.88 Å². The van der Waals surface area contributed by atoms with Gasteiger partial charge in [-0.05, 0) is 30.7 Å². The molecule has 2 saturated heterocycles. The molecule has 0 bridgehead atoms. The van der Waals surface area contributed by atoms with Gasteiger partial charge in [0.25, 0.3) is 0 Å². The molecule has 3 heterocycles. The molecule has 3 rings (SSSR count). The molecule has 1 amide bonds. The molecule has 2 N–H and O–H groups in total. The van der Waals surface area contributed by atoms with E-state index in [4.69, 9.17) is 0 Å². The van der Waals surface area contributed by atoms with Gasteiger partial charge in [0.15, 0.2) is 0 Å². The van der Waals surface area contributed by atoms with Crippen molar-refractivity contribution < 1.29 is 9.90 Å². The fourth-order valence-electron chi connectivity index (χ4n) is 2.91. The first-order valence-electron chi connectivity index (χ1n) is 6.51. The maximum Gasteiger partial charge on any atom is 0.240 e. The predicted octanol–water partition coefficient (Wildman–Crippen LogP) is 1.13. The Hall–Kier alpha value is -0.910. The molecule has 5 heteroatoms. The van der Waals surface area contributed by atoms with Gasteiger partial charge in [-0.2, -0.15) is 0 Å². The van der Waals surface area contributed by atoms with Crippen LogP contribution in [0.15, 0.2) is 17.5 Å². The highest BCUT2D eigenvalue weighted by Crippen LogP contribution is 2.35. The van der Waals surface area contributed by atoms with Crippen LogP contribution in [0.2, 0.25) is 0 Å². The average Bonchev–Trinajstić information content (AvgIpc) is 3.08. The molecule has 0 saturated carbocycles. The van der Waals surface area contributed by atoms with Crippen LogP contribution >= 0.6 is 11.3 Å². The van der Waals surface area contributed by atoms with E-state index in [2.05, 4.69) is 16.8 Å². The summed E-state index contributed by atoms with van der Waals surface area (Å²) in [6, 6.07) is 4.20. The number of rotatable bonds is 2. The number of aliphatic hydroxyl groups is 1. The van der Waals surface area contributed by atoms with Crippen molar-refractivity contribution in [3.8, 4) is 0 Å². The first kappa shape index (κ1) is 12.1. The minimum absolute atomic E-state index is 0.155. The van der Waals surface area contributed by atoms with Gasteiger partial charge in [-0.3, -0.25) is 4.79 Å². The standard InChI is InChI=1S/C13H18N2O2S/c16-9-7-10(14-8-9)13(17)15-5-1-3-11(15)12-4-2-6-18-12/h2,4,6,9-11,14,16H,1,3,5,7-8H2. The van der Waals surface area contributed by atoms with Crippen molar-refractivity contribution in [2.24, 2.45) is 0 Å². The molecule has 2 aliphatic rings. The number of aliphatic hydroxyl groups excluding tert-OH is 1. The lowest BCUT2D eigenvalue weighted by Gasteiger charge is -2.26. The molecule has 3 atom stereocenters. The third-order valence-electron chi connectivity index (χ3n) is 3.81. The van der Waals surface area contributed by atoms with Gasteiger partial charge in [0.1, 0.15) is 0 Å². The summed E-state index contributed by atoms with van der Waals surface area (Å²) in [4.78, 5) is 15.7. The van der Waals surface area contributed by atoms with Crippen molar-refractivity contribution in [3.63, 3.8) is 0 Å². The van der Waals surface area contributed by atoms with E-state index in [-0.39, 0.29) is 24.1 Å². The first-order chi connectivity index (χ1) is 8.75. The molecule has 0 aliphatic carbocycles. The molecule has 98 valence electrons. The summed E-state index contributed by atoms with van der Waals surface area (Å²) in [5.74, 6) is 0.155. The van der Waals surface area contributed by atoms with Crippen molar-refractivity contribution >= 4 is 17.2 Å². The Morgan fingerprint density at radius 2 is 2.44 bits per heavy atom. The van der Waals surface area contributed by atoms with Gasteiger partial charge in [-0.1, -0.05) is 6.07 Å². The number of hydrogen-bond donors (Lipinski definition) is 2. The molecule has 0 aromatic carbocycles. The second-order valence-electron chi connectivity index (χ2n) is 5.06. The number of carbonyl (C=O) groups excluding carboxylic acids is 1. The van der Waals surface area contributed by atoms with E-state index >= 15 is 0 Å². The summed E-state index contributed by atoms with van der Waals surface area (Å²) in [5.41, 5.74) is 0. The second kappa shape index (κ2) is 4.99. The maximum atomic E-state index is 12.5. The number of carbonyl (C=O) groups is 1. The minimum Gasteiger partial charge on any atom is -0.392 e. The van der Waals surface area contributed by atoms with Crippen molar-refractivity contribution in [3.05, 3.63) is 22.4 Å². The van der Waals surface area contributed by atoms with Crippen LogP contribution in [-0.4, -0.2) is 41.1 Å². The zero-order valence-corrected chi connectivity index (χ0v) is 11.0. The van der Waals surface area contributed by atoms with Gasteiger partial charge in [0.05, 0.1) is 18.2 Å². The number of likely N-dealkylation sites (tertiary alicyclic amines) is 1. The van der Waals surface area contributed by atoms with Gasteiger partial charge in [0, 0.05) is 18.0 Å². The Morgan fingerprint density at radius 3 is 3.11 bits per heavy atom. The quantitative estimate of drug-likeness (QED) is 0.844. The number of amides is 1. The van der Waals surface area contributed by atoms with E-state index in [1.54, 1.807) is 11.3 Å². The Balaban J connectivity index is 1.73. The van der Waals surface area contributed by atoms with E-state index in [1.807, 2.05) is 11.0 Å². The van der Waals surface area contributed by atoms with Crippen LogP contribution in [0.1, 0.15) is 30.2 Å². The van der Waals surface area contributed by atoms with E-state index in [9.17, 15) is 9.90 Å². The highest BCUT2D eigenvalue weighted by Gasteiger charge is 2.37. The fourth-order valence-corrected chi connectivity index (χ4v) is 3.79. The summed E-state index contributed by atoms with van der Waals surface area (Å²) in [6.45, 7) is 1.38. The molecule has 2 fully saturated rings. The van der Waals surface area contributed by atoms with Crippen molar-refractivity contribution in [2.75, 3.05) is 13.1 Å². The smallest absolute Gasteiger partial charge is 0.240 e. The summed E-state index contributed by atoms with van der Waals surface area (Å²) < 4.78 is 0. The summed E-state index contributed by atoms with van der Waals surface area (Å²) in [5, 5.41) is 14.7. The Bertz CT molecular complexity index is 421. The van der Waals surface area contributed by atoms with Crippen LogP contribution in [0.5, 0.6) is 0 Å². The van der Waals surface area contributed by atoms with Gasteiger partial charge in [-0.15, -0.1) is 11.3 Å². The monoisotopic (exact) mass is 266 g/mol. The second-order valence-corrected chi connectivity index (χ2v) is 6.03. The molecule has 4 nitrogen and oxygen atoms in total. The summed E-state index contributed by atoms with van der Waals surface area (Å²) in [6.07, 6.45) is 2.30. The average molecular weight is 266 g/mol.